The van der Waals surface area contributed by atoms with Crippen LogP contribution in [-0.2, 0) is 0 Å². The van der Waals surface area contributed by atoms with Gasteiger partial charge in [-0.1, -0.05) is 19.9 Å². The number of rotatable bonds is 6. The monoisotopic (exact) mass is 288 g/mol. The quantitative estimate of drug-likeness (QED) is 0.755. The molecule has 1 heterocycles. The third-order valence-electron chi connectivity index (χ3n) is 2.80. The number of nitrogens with zero attached hydrogens (tertiary/aromatic N) is 1. The van der Waals surface area contributed by atoms with Gasteiger partial charge in [0.05, 0.1) is 0 Å². The third-order valence-corrected chi connectivity index (χ3v) is 2.80. The Balaban J connectivity index is 2.19. The van der Waals surface area contributed by atoms with E-state index >= 15 is 0 Å². The van der Waals surface area contributed by atoms with Crippen molar-refractivity contribution in [2.75, 3.05) is 18.5 Å². The van der Waals surface area contributed by atoms with E-state index in [0.29, 0.717) is 24.8 Å². The molecule has 0 aliphatic rings. The summed E-state index contributed by atoms with van der Waals surface area (Å²) < 4.78 is 5.47. The molecule has 0 aliphatic heterocycles. The molecule has 2 aromatic rings. The van der Waals surface area contributed by atoms with Crippen LogP contribution in [0.25, 0.3) is 0 Å². The van der Waals surface area contributed by atoms with Crippen molar-refractivity contribution in [3.05, 3.63) is 46.5 Å². The Kier molecular flexibility index (Phi) is 4.94. The molecule has 0 spiro atoms. The van der Waals surface area contributed by atoms with Gasteiger partial charge in [-0.05, 0) is 12.1 Å². The smallest absolute Gasteiger partial charge is 0.252 e. The normalized spacial score (nSPS) is 10.7. The fourth-order valence-corrected chi connectivity index (χ4v) is 1.80. The zero-order valence-corrected chi connectivity index (χ0v) is 12.2. The highest BCUT2D eigenvalue weighted by Gasteiger charge is 2.06. The molecule has 0 radical (unpaired) electrons. The maximum absolute atomic E-state index is 11.6. The summed E-state index contributed by atoms with van der Waals surface area (Å²) in [5, 5.41) is 3.11. The predicted molar refractivity (Wildman–Crippen MR) is 83.2 cm³/mol. The van der Waals surface area contributed by atoms with Crippen LogP contribution in [0.3, 0.4) is 0 Å². The molecule has 0 aliphatic carbocycles. The molecule has 112 valence electrons. The number of H-pyrrole nitrogens is 1. The largest absolute Gasteiger partial charge is 0.492 e. The van der Waals surface area contributed by atoms with Crippen LogP contribution in [-0.4, -0.2) is 23.1 Å². The van der Waals surface area contributed by atoms with Gasteiger partial charge in [0.2, 0.25) is 0 Å². The van der Waals surface area contributed by atoms with Gasteiger partial charge in [0.15, 0.2) is 0 Å². The summed E-state index contributed by atoms with van der Waals surface area (Å²) in [6.45, 7) is 4.88. The van der Waals surface area contributed by atoms with Gasteiger partial charge in [0.1, 0.15) is 24.0 Å². The average molecular weight is 288 g/mol. The van der Waals surface area contributed by atoms with E-state index in [9.17, 15) is 4.79 Å². The first kappa shape index (κ1) is 15.1. The highest BCUT2D eigenvalue weighted by atomic mass is 16.5. The van der Waals surface area contributed by atoms with Gasteiger partial charge in [0, 0.05) is 30.3 Å². The Bertz CT molecular complexity index is 652. The Morgan fingerprint density at radius 3 is 2.90 bits per heavy atom. The van der Waals surface area contributed by atoms with Crippen LogP contribution in [0.2, 0.25) is 0 Å². The summed E-state index contributed by atoms with van der Waals surface area (Å²) in [6, 6.07) is 8.87. The van der Waals surface area contributed by atoms with Gasteiger partial charge >= 0.3 is 0 Å². The molecule has 0 atom stereocenters. The minimum absolute atomic E-state index is 0.152. The topological polar surface area (TPSA) is 93.0 Å². The van der Waals surface area contributed by atoms with E-state index in [1.165, 1.54) is 6.07 Å². The van der Waals surface area contributed by atoms with Gasteiger partial charge in [-0.3, -0.25) is 4.79 Å². The molecule has 2 rings (SSSR count). The number of hydrogen-bond acceptors (Lipinski definition) is 5. The summed E-state index contributed by atoms with van der Waals surface area (Å²) in [5.41, 5.74) is 6.04. The number of hydrogen-bond donors (Lipinski definition) is 3. The minimum Gasteiger partial charge on any atom is -0.492 e. The first-order valence-electron chi connectivity index (χ1n) is 6.89. The molecule has 0 fully saturated rings. The lowest BCUT2D eigenvalue weighted by atomic mass is 10.2. The standard InChI is InChI=1S/C15H20N4O2/c1-10(2)15-18-13(9-14(20)19-15)17-11-4-3-5-12(8-11)21-7-6-16/h3-5,8-10H,6-7,16H2,1-2H3,(H2,17,18,19,20). The number of benzene rings is 1. The zero-order valence-electron chi connectivity index (χ0n) is 12.2. The Morgan fingerprint density at radius 1 is 1.38 bits per heavy atom. The Hall–Kier alpha value is -2.34. The van der Waals surface area contributed by atoms with Crippen molar-refractivity contribution < 1.29 is 4.74 Å². The zero-order chi connectivity index (χ0) is 15.2. The number of aromatic nitrogens is 2. The molecule has 6 heteroatoms. The van der Waals surface area contributed by atoms with Crippen molar-refractivity contribution in [1.29, 1.82) is 0 Å². The van der Waals surface area contributed by atoms with Crippen LogP contribution in [0, 0.1) is 0 Å². The third kappa shape index (κ3) is 4.32. The lowest BCUT2D eigenvalue weighted by Crippen LogP contribution is -2.13. The molecule has 21 heavy (non-hydrogen) atoms. The SMILES string of the molecule is CC(C)c1nc(Nc2cccc(OCCN)c2)cc(=O)[nH]1. The van der Waals surface area contributed by atoms with Gasteiger partial charge in [-0.25, -0.2) is 4.98 Å². The number of anilines is 2. The maximum Gasteiger partial charge on any atom is 0.252 e. The summed E-state index contributed by atoms with van der Waals surface area (Å²) in [7, 11) is 0. The maximum atomic E-state index is 11.6. The highest BCUT2D eigenvalue weighted by molar-refractivity contribution is 5.57. The molecule has 0 bridgehead atoms. The van der Waals surface area contributed by atoms with E-state index in [2.05, 4.69) is 15.3 Å². The van der Waals surface area contributed by atoms with Crippen LogP contribution >= 0.6 is 0 Å². The molecule has 0 saturated carbocycles. The van der Waals surface area contributed by atoms with Crippen molar-refractivity contribution in [2.24, 2.45) is 5.73 Å². The summed E-state index contributed by atoms with van der Waals surface area (Å²) >= 11 is 0. The summed E-state index contributed by atoms with van der Waals surface area (Å²) in [4.78, 5) is 18.8. The fraction of sp³-hybridized carbons (Fsp3) is 0.333. The highest BCUT2D eigenvalue weighted by Crippen LogP contribution is 2.20. The van der Waals surface area contributed by atoms with Crippen LogP contribution in [0.5, 0.6) is 5.75 Å². The molecule has 6 nitrogen and oxygen atoms in total. The van der Waals surface area contributed by atoms with Gasteiger partial charge in [-0.15, -0.1) is 0 Å². The van der Waals surface area contributed by atoms with E-state index in [0.717, 1.165) is 11.4 Å². The second-order valence-electron chi connectivity index (χ2n) is 4.96. The predicted octanol–water partition coefficient (Wildman–Crippen LogP) is 1.97. The summed E-state index contributed by atoms with van der Waals surface area (Å²) in [5.74, 6) is 2.04. The van der Waals surface area contributed by atoms with Crippen LogP contribution < -0.4 is 21.3 Å². The van der Waals surface area contributed by atoms with Gasteiger partial charge in [-0.2, -0.15) is 0 Å². The van der Waals surface area contributed by atoms with Crippen molar-refractivity contribution >= 4 is 11.5 Å². The second kappa shape index (κ2) is 6.90. The number of nitrogens with one attached hydrogen (secondary N) is 2. The molecule has 1 aromatic heterocycles. The molecule has 0 amide bonds. The van der Waals surface area contributed by atoms with Crippen LogP contribution in [0.1, 0.15) is 25.6 Å². The molecular weight excluding hydrogens is 268 g/mol. The van der Waals surface area contributed by atoms with E-state index in [1.54, 1.807) is 0 Å². The Labute approximate surface area is 123 Å². The van der Waals surface area contributed by atoms with Crippen LogP contribution in [0.4, 0.5) is 11.5 Å². The molecular formula is C15H20N4O2. The van der Waals surface area contributed by atoms with Crippen molar-refractivity contribution in [3.8, 4) is 5.75 Å². The minimum atomic E-state index is -0.174. The lowest BCUT2D eigenvalue weighted by Gasteiger charge is -2.10. The van der Waals surface area contributed by atoms with E-state index < -0.39 is 0 Å². The molecule has 0 unspecified atom stereocenters. The first-order chi connectivity index (χ1) is 10.1. The molecule has 0 saturated heterocycles. The second-order valence-corrected chi connectivity index (χ2v) is 4.96. The number of nitrogens with two attached hydrogens (primary N) is 1. The average Bonchev–Trinajstić information content (AvgIpc) is 2.45. The van der Waals surface area contributed by atoms with Crippen molar-refractivity contribution in [2.45, 2.75) is 19.8 Å². The van der Waals surface area contributed by atoms with E-state index in [1.807, 2.05) is 38.1 Å². The van der Waals surface area contributed by atoms with Gasteiger partial charge in [0.25, 0.3) is 5.56 Å². The van der Waals surface area contributed by atoms with Crippen molar-refractivity contribution in [3.63, 3.8) is 0 Å². The summed E-state index contributed by atoms with van der Waals surface area (Å²) in [6.07, 6.45) is 0. The van der Waals surface area contributed by atoms with E-state index in [4.69, 9.17) is 10.5 Å². The van der Waals surface area contributed by atoms with Gasteiger partial charge < -0.3 is 20.8 Å². The molecule has 1 aromatic carbocycles. The lowest BCUT2D eigenvalue weighted by molar-refractivity contribution is 0.328. The first-order valence-corrected chi connectivity index (χ1v) is 6.89. The van der Waals surface area contributed by atoms with Crippen LogP contribution in [0.15, 0.2) is 35.1 Å². The number of ether oxygens (including phenoxy) is 1. The fourth-order valence-electron chi connectivity index (χ4n) is 1.80. The van der Waals surface area contributed by atoms with Crippen molar-refractivity contribution in [1.82, 2.24) is 9.97 Å². The molecule has 4 N–H and O–H groups in total. The Morgan fingerprint density at radius 2 is 2.19 bits per heavy atom. The number of aromatic amines is 1. The van der Waals surface area contributed by atoms with E-state index in [-0.39, 0.29) is 11.5 Å².